The van der Waals surface area contributed by atoms with Gasteiger partial charge < -0.3 is 5.11 Å². The summed E-state index contributed by atoms with van der Waals surface area (Å²) < 4.78 is 0. The molecule has 0 aromatic heterocycles. The zero-order valence-corrected chi connectivity index (χ0v) is 11.3. The number of carboxylic acid groups (broad SMARTS) is 1. The fourth-order valence-electron chi connectivity index (χ4n) is 1.56. The number of carboxylic acids is 1. The average molecular weight is 279 g/mol. The van der Waals surface area contributed by atoms with Gasteiger partial charge in [0.1, 0.15) is 0 Å². The van der Waals surface area contributed by atoms with E-state index in [0.717, 1.165) is 15.4 Å². The summed E-state index contributed by atoms with van der Waals surface area (Å²) in [6, 6.07) is 12.8. The smallest absolute Gasteiger partial charge is 0.336 e. The van der Waals surface area contributed by atoms with Crippen molar-refractivity contribution in [3.63, 3.8) is 0 Å². The molecule has 0 bridgehead atoms. The van der Waals surface area contributed by atoms with Crippen LogP contribution < -0.4 is 0 Å². The number of hydrogen-bond acceptors (Lipinski definition) is 2. The Hall–Kier alpha value is -1.45. The van der Waals surface area contributed by atoms with E-state index in [0.29, 0.717) is 10.6 Å². The summed E-state index contributed by atoms with van der Waals surface area (Å²) >= 11 is 7.31. The monoisotopic (exact) mass is 278 g/mol. The van der Waals surface area contributed by atoms with E-state index in [9.17, 15) is 9.90 Å². The predicted octanol–water partition coefficient (Wildman–Crippen LogP) is 4.50. The third-order valence-corrected chi connectivity index (χ3v) is 3.69. The minimum atomic E-state index is -0.914. The summed E-state index contributed by atoms with van der Waals surface area (Å²) in [6.45, 7) is 1.88. The first kappa shape index (κ1) is 13.0. The molecule has 1 N–H and O–H groups in total. The van der Waals surface area contributed by atoms with E-state index >= 15 is 0 Å². The van der Waals surface area contributed by atoms with Crippen molar-refractivity contribution < 1.29 is 9.90 Å². The van der Waals surface area contributed by atoms with Gasteiger partial charge in [0, 0.05) is 14.8 Å². The molecule has 0 spiro atoms. The van der Waals surface area contributed by atoms with Crippen molar-refractivity contribution >= 4 is 29.3 Å². The Morgan fingerprint density at radius 3 is 2.67 bits per heavy atom. The molecule has 0 amide bonds. The van der Waals surface area contributed by atoms with E-state index in [1.54, 1.807) is 12.1 Å². The second-order valence-corrected chi connectivity index (χ2v) is 5.42. The number of halogens is 1. The Kier molecular flexibility index (Phi) is 3.94. The van der Waals surface area contributed by atoms with E-state index < -0.39 is 5.97 Å². The molecular formula is C14H11ClO2S. The van der Waals surface area contributed by atoms with Crippen molar-refractivity contribution in [3.8, 4) is 0 Å². The van der Waals surface area contributed by atoms with Gasteiger partial charge in [-0.15, -0.1) is 0 Å². The third kappa shape index (κ3) is 3.06. The SMILES string of the molecule is Cc1ccc(Sc2cccc(Cl)c2)c(C(=O)O)c1. The fraction of sp³-hybridized carbons (Fsp3) is 0.0714. The molecule has 2 aromatic rings. The van der Waals surface area contributed by atoms with Crippen molar-refractivity contribution in [3.05, 3.63) is 58.6 Å². The third-order valence-electron chi connectivity index (χ3n) is 2.39. The lowest BCUT2D eigenvalue weighted by atomic mass is 10.1. The van der Waals surface area contributed by atoms with Crippen molar-refractivity contribution in [2.45, 2.75) is 16.7 Å². The molecule has 0 fully saturated rings. The van der Waals surface area contributed by atoms with Gasteiger partial charge in [-0.05, 0) is 37.3 Å². The number of benzene rings is 2. The van der Waals surface area contributed by atoms with Gasteiger partial charge in [-0.1, -0.05) is 41.1 Å². The summed E-state index contributed by atoms with van der Waals surface area (Å²) in [5, 5.41) is 9.83. The van der Waals surface area contributed by atoms with Crippen LogP contribution in [-0.2, 0) is 0 Å². The molecule has 0 aliphatic carbocycles. The maximum absolute atomic E-state index is 11.2. The zero-order chi connectivity index (χ0) is 13.1. The molecular weight excluding hydrogens is 268 g/mol. The quantitative estimate of drug-likeness (QED) is 0.898. The molecule has 18 heavy (non-hydrogen) atoms. The first-order chi connectivity index (χ1) is 8.56. The number of rotatable bonds is 3. The number of aromatic carboxylic acids is 1. The minimum Gasteiger partial charge on any atom is -0.478 e. The molecule has 0 aliphatic rings. The highest BCUT2D eigenvalue weighted by Crippen LogP contribution is 2.32. The second-order valence-electron chi connectivity index (χ2n) is 3.86. The summed E-state index contributed by atoms with van der Waals surface area (Å²) in [5.41, 5.74) is 1.25. The Bertz CT molecular complexity index is 596. The molecule has 0 heterocycles. The molecule has 0 atom stereocenters. The molecule has 2 aromatic carbocycles. The lowest BCUT2D eigenvalue weighted by molar-refractivity contribution is 0.0693. The van der Waals surface area contributed by atoms with E-state index in [1.807, 2.05) is 37.3 Å². The van der Waals surface area contributed by atoms with Gasteiger partial charge in [-0.2, -0.15) is 0 Å². The Morgan fingerprint density at radius 2 is 2.00 bits per heavy atom. The molecule has 0 unspecified atom stereocenters. The summed E-state index contributed by atoms with van der Waals surface area (Å²) in [5.74, 6) is -0.914. The molecule has 0 saturated carbocycles. The van der Waals surface area contributed by atoms with Crippen molar-refractivity contribution in [2.75, 3.05) is 0 Å². The lowest BCUT2D eigenvalue weighted by Gasteiger charge is -2.07. The summed E-state index contributed by atoms with van der Waals surface area (Å²) in [4.78, 5) is 12.8. The van der Waals surface area contributed by atoms with E-state index in [4.69, 9.17) is 11.6 Å². The van der Waals surface area contributed by atoms with Crippen LogP contribution >= 0.6 is 23.4 Å². The largest absolute Gasteiger partial charge is 0.478 e. The Morgan fingerprint density at radius 1 is 1.22 bits per heavy atom. The molecule has 92 valence electrons. The first-order valence-electron chi connectivity index (χ1n) is 5.33. The highest BCUT2D eigenvalue weighted by atomic mass is 35.5. The number of hydrogen-bond donors (Lipinski definition) is 1. The van der Waals surface area contributed by atoms with Crippen LogP contribution in [0.5, 0.6) is 0 Å². The van der Waals surface area contributed by atoms with Crippen molar-refractivity contribution in [1.29, 1.82) is 0 Å². The summed E-state index contributed by atoms with van der Waals surface area (Å²) in [6.07, 6.45) is 0. The van der Waals surface area contributed by atoms with Crippen LogP contribution in [0, 0.1) is 6.92 Å². The number of carbonyl (C=O) groups is 1. The molecule has 0 saturated heterocycles. The second kappa shape index (κ2) is 5.46. The molecule has 0 aliphatic heterocycles. The van der Waals surface area contributed by atoms with Gasteiger partial charge >= 0.3 is 5.97 Å². The fourth-order valence-corrected chi connectivity index (χ4v) is 2.79. The van der Waals surface area contributed by atoms with Gasteiger partial charge in [0.05, 0.1) is 5.56 Å². The average Bonchev–Trinajstić information content (AvgIpc) is 2.31. The van der Waals surface area contributed by atoms with Gasteiger partial charge in [0.2, 0.25) is 0 Å². The van der Waals surface area contributed by atoms with Gasteiger partial charge in [-0.25, -0.2) is 4.79 Å². The topological polar surface area (TPSA) is 37.3 Å². The van der Waals surface area contributed by atoms with Crippen LogP contribution in [0.3, 0.4) is 0 Å². The predicted molar refractivity (Wildman–Crippen MR) is 73.7 cm³/mol. The van der Waals surface area contributed by atoms with E-state index in [-0.39, 0.29) is 0 Å². The molecule has 0 radical (unpaired) electrons. The van der Waals surface area contributed by atoms with Gasteiger partial charge in [0.15, 0.2) is 0 Å². The maximum atomic E-state index is 11.2. The van der Waals surface area contributed by atoms with Gasteiger partial charge in [-0.3, -0.25) is 0 Å². The van der Waals surface area contributed by atoms with Crippen molar-refractivity contribution in [2.24, 2.45) is 0 Å². The van der Waals surface area contributed by atoms with Crippen LogP contribution in [0.4, 0.5) is 0 Å². The Labute approximate surface area is 115 Å². The highest BCUT2D eigenvalue weighted by Gasteiger charge is 2.11. The normalized spacial score (nSPS) is 10.3. The van der Waals surface area contributed by atoms with Crippen LogP contribution in [0.2, 0.25) is 5.02 Å². The highest BCUT2D eigenvalue weighted by molar-refractivity contribution is 7.99. The van der Waals surface area contributed by atoms with Gasteiger partial charge in [0.25, 0.3) is 0 Å². The Balaban J connectivity index is 2.37. The summed E-state index contributed by atoms with van der Waals surface area (Å²) in [7, 11) is 0. The van der Waals surface area contributed by atoms with Crippen LogP contribution in [-0.4, -0.2) is 11.1 Å². The lowest BCUT2D eigenvalue weighted by Crippen LogP contribution is -1.99. The number of aryl methyl sites for hydroxylation is 1. The molecule has 2 nitrogen and oxygen atoms in total. The van der Waals surface area contributed by atoms with Crippen LogP contribution in [0.25, 0.3) is 0 Å². The van der Waals surface area contributed by atoms with Crippen molar-refractivity contribution in [1.82, 2.24) is 0 Å². The molecule has 2 rings (SSSR count). The van der Waals surface area contributed by atoms with Crippen LogP contribution in [0.15, 0.2) is 52.3 Å². The first-order valence-corrected chi connectivity index (χ1v) is 6.53. The van der Waals surface area contributed by atoms with Crippen LogP contribution in [0.1, 0.15) is 15.9 Å². The van der Waals surface area contributed by atoms with E-state index in [2.05, 4.69) is 0 Å². The van der Waals surface area contributed by atoms with E-state index in [1.165, 1.54) is 11.8 Å². The maximum Gasteiger partial charge on any atom is 0.336 e. The minimum absolute atomic E-state index is 0.319. The standard InChI is InChI=1S/C14H11ClO2S/c1-9-5-6-13(12(7-9)14(16)17)18-11-4-2-3-10(15)8-11/h2-8H,1H3,(H,16,17). The molecule has 4 heteroatoms. The zero-order valence-electron chi connectivity index (χ0n) is 9.68.